The van der Waals surface area contributed by atoms with Crippen molar-refractivity contribution in [3.05, 3.63) is 52.6 Å². The van der Waals surface area contributed by atoms with Crippen molar-refractivity contribution in [1.82, 2.24) is 0 Å². The van der Waals surface area contributed by atoms with Crippen LogP contribution in [-0.4, -0.2) is 41.7 Å². The van der Waals surface area contributed by atoms with E-state index in [-0.39, 0.29) is 12.0 Å². The van der Waals surface area contributed by atoms with E-state index in [1.165, 1.54) is 35.3 Å². The van der Waals surface area contributed by atoms with Crippen LogP contribution in [0.1, 0.15) is 97.0 Å². The second kappa shape index (κ2) is 11.6. The van der Waals surface area contributed by atoms with Gasteiger partial charge >= 0.3 is 0 Å². The predicted octanol–water partition coefficient (Wildman–Crippen LogP) is 7.61. The summed E-state index contributed by atoms with van der Waals surface area (Å²) in [6.45, 7) is 9.63. The van der Waals surface area contributed by atoms with Crippen molar-refractivity contribution in [2.45, 2.75) is 107 Å². The van der Waals surface area contributed by atoms with E-state index < -0.39 is 5.79 Å². The number of fused-ring (bicyclic) bond motifs is 4. The molecule has 1 heterocycles. The van der Waals surface area contributed by atoms with Gasteiger partial charge in [0.25, 0.3) is 0 Å². The van der Waals surface area contributed by atoms with Crippen molar-refractivity contribution in [2.24, 2.45) is 17.3 Å². The molecule has 1 spiro atoms. The Morgan fingerprint density at radius 2 is 1.68 bits per heavy atom. The molecule has 1 aliphatic heterocycles. The molecule has 7 rings (SSSR count). The molecule has 0 bridgehead atoms. The van der Waals surface area contributed by atoms with Crippen LogP contribution in [-0.2, 0) is 14.3 Å². The van der Waals surface area contributed by atoms with Crippen LogP contribution in [0.15, 0.2) is 52.0 Å². The maximum absolute atomic E-state index is 13.2. The summed E-state index contributed by atoms with van der Waals surface area (Å²) in [4.78, 5) is 14.5. The second-order valence-corrected chi connectivity index (χ2v) is 13.1. The van der Waals surface area contributed by atoms with Gasteiger partial charge in [-0.3, -0.25) is 4.79 Å². The molecule has 5 aliphatic carbocycles. The van der Waals surface area contributed by atoms with Gasteiger partial charge in [-0.25, -0.2) is 0 Å². The maximum Gasteiger partial charge on any atom is 0.188 e. The lowest BCUT2D eigenvalue weighted by molar-refractivity contribution is -0.128. The van der Waals surface area contributed by atoms with Crippen molar-refractivity contribution in [3.63, 3.8) is 0 Å². The van der Waals surface area contributed by atoms with E-state index >= 15 is 0 Å². The number of hydrogen-bond donors (Lipinski definition) is 1. The number of carbonyl (C=O) groups excluding carboxylic acids is 1. The van der Waals surface area contributed by atoms with Gasteiger partial charge in [-0.05, 0) is 98.6 Å². The fourth-order valence-corrected chi connectivity index (χ4v) is 8.76. The Hall–Kier alpha value is -1.40. The van der Waals surface area contributed by atoms with Crippen molar-refractivity contribution in [3.8, 4) is 0 Å². The van der Waals surface area contributed by atoms with E-state index in [0.29, 0.717) is 36.8 Å². The van der Waals surface area contributed by atoms with E-state index in [1.807, 2.05) is 25.6 Å². The average Bonchev–Trinajstić information content (AvgIpc) is 3.56. The van der Waals surface area contributed by atoms with E-state index in [0.717, 1.165) is 43.8 Å². The molecule has 1 N–H and O–H groups in total. The normalized spacial score (nSPS) is 32.8. The third-order valence-electron chi connectivity index (χ3n) is 9.49. The monoisotopic (exact) mass is 538 g/mol. The Morgan fingerprint density at radius 1 is 1.00 bits per heavy atom. The smallest absolute Gasteiger partial charge is 0.188 e. The number of aliphatic hydroxyl groups excluding tert-OH is 1. The highest BCUT2D eigenvalue weighted by atomic mass is 32.2. The number of Topliss-reactive ketones (excluding diaryl/α,β-unsaturated/α-hetero) is 1. The zero-order valence-electron chi connectivity index (χ0n) is 23.8. The van der Waals surface area contributed by atoms with Crippen LogP contribution >= 0.6 is 11.8 Å². The van der Waals surface area contributed by atoms with Crippen LogP contribution in [0, 0.1) is 17.3 Å². The van der Waals surface area contributed by atoms with Crippen molar-refractivity contribution < 1.29 is 19.4 Å². The lowest BCUT2D eigenvalue weighted by Crippen LogP contribution is -2.44. The number of benzene rings is 1. The minimum atomic E-state index is -0.476. The minimum Gasteiger partial charge on any atom is -0.397 e. The molecule has 208 valence electrons. The number of aliphatic hydroxyl groups is 1. The molecule has 6 aliphatic rings. The fraction of sp³-hybridized carbons (Fsp3) is 0.667. The molecule has 5 heteroatoms. The molecule has 4 unspecified atom stereocenters. The van der Waals surface area contributed by atoms with Crippen LogP contribution in [0.25, 0.3) is 0 Å². The Morgan fingerprint density at radius 3 is 2.34 bits per heavy atom. The number of carbonyl (C=O) groups is 1. The Balaban J connectivity index is 0.000000552. The summed E-state index contributed by atoms with van der Waals surface area (Å²) in [7, 11) is 0. The van der Waals surface area contributed by atoms with E-state index in [1.54, 1.807) is 18.1 Å². The first-order chi connectivity index (χ1) is 18.5. The number of ketones is 1. The zero-order valence-corrected chi connectivity index (χ0v) is 24.6. The first-order valence-electron chi connectivity index (χ1n) is 15.1. The number of allylic oxidation sites excluding steroid dienone is 3. The average molecular weight is 539 g/mol. The molecule has 38 heavy (non-hydrogen) atoms. The van der Waals surface area contributed by atoms with Gasteiger partial charge < -0.3 is 14.6 Å². The fourth-order valence-electron chi connectivity index (χ4n) is 7.71. The van der Waals surface area contributed by atoms with E-state index in [4.69, 9.17) is 14.6 Å². The third kappa shape index (κ3) is 5.21. The summed E-state index contributed by atoms with van der Waals surface area (Å²) < 4.78 is 12.1. The topological polar surface area (TPSA) is 55.8 Å². The molecule has 1 saturated heterocycles. The first kappa shape index (κ1) is 28.1. The molecular formula is C33H46O4S. The number of thioether (sulfide) groups is 1. The highest BCUT2D eigenvalue weighted by Crippen LogP contribution is 2.63. The molecule has 3 saturated carbocycles. The standard InChI is InChI=1S/C29H34O3S.C2H6O.C2H6/c1-28-17-24(18-2-5-20(6-3-18)33-21-7-8-21)27-22-12-13-29(31-14-15-32-29)16-19(22)4-9-23(27)25(28)10-11-26(28)30;1-2-3;1-2/h2-3,5-6,16,21,23-25H,4,7-15,17H2,1H3;3H,2H2,1H3;1-2H3. The highest BCUT2D eigenvalue weighted by molar-refractivity contribution is 8.00. The second-order valence-electron chi connectivity index (χ2n) is 11.7. The van der Waals surface area contributed by atoms with Gasteiger partial charge in [-0.1, -0.05) is 38.5 Å². The molecule has 4 nitrogen and oxygen atoms in total. The van der Waals surface area contributed by atoms with E-state index in [2.05, 4.69) is 37.3 Å². The molecule has 4 fully saturated rings. The SMILES string of the molecule is CC.CC12CC(c3ccc(SC4CC4)cc3)C3=C4CCC5(C=C4CCC3C1CCC2=O)OCCO5.CCO. The Bertz CT molecular complexity index is 1060. The maximum atomic E-state index is 13.2. The lowest BCUT2D eigenvalue weighted by atomic mass is 9.53. The summed E-state index contributed by atoms with van der Waals surface area (Å²) in [6.07, 6.45) is 12.1. The van der Waals surface area contributed by atoms with Gasteiger partial charge in [0, 0.05) is 40.9 Å². The van der Waals surface area contributed by atoms with Crippen LogP contribution < -0.4 is 0 Å². The van der Waals surface area contributed by atoms with Gasteiger partial charge in [-0.15, -0.1) is 11.8 Å². The highest BCUT2D eigenvalue weighted by Gasteiger charge is 2.57. The van der Waals surface area contributed by atoms with Crippen molar-refractivity contribution in [1.29, 1.82) is 0 Å². The molecule has 0 amide bonds. The van der Waals surface area contributed by atoms with Gasteiger partial charge in [0.05, 0.1) is 13.2 Å². The van der Waals surface area contributed by atoms with E-state index in [9.17, 15) is 4.79 Å². The van der Waals surface area contributed by atoms with Gasteiger partial charge in [0.2, 0.25) is 0 Å². The minimum absolute atomic E-state index is 0.157. The first-order valence-corrected chi connectivity index (χ1v) is 16.0. The van der Waals surface area contributed by atoms with Gasteiger partial charge in [-0.2, -0.15) is 0 Å². The van der Waals surface area contributed by atoms with Crippen LogP contribution in [0.2, 0.25) is 0 Å². The Kier molecular flexibility index (Phi) is 8.59. The molecular weight excluding hydrogens is 492 g/mol. The number of rotatable bonds is 3. The van der Waals surface area contributed by atoms with Crippen LogP contribution in [0.4, 0.5) is 0 Å². The summed E-state index contributed by atoms with van der Waals surface area (Å²) in [5.41, 5.74) is 5.97. The molecule has 0 aromatic heterocycles. The quantitative estimate of drug-likeness (QED) is 0.429. The van der Waals surface area contributed by atoms with Crippen LogP contribution in [0.3, 0.4) is 0 Å². The van der Waals surface area contributed by atoms with Crippen molar-refractivity contribution in [2.75, 3.05) is 19.8 Å². The predicted molar refractivity (Wildman–Crippen MR) is 154 cm³/mol. The van der Waals surface area contributed by atoms with Crippen molar-refractivity contribution >= 4 is 17.5 Å². The largest absolute Gasteiger partial charge is 0.397 e. The zero-order chi connectivity index (χ0) is 26.9. The molecule has 4 atom stereocenters. The van der Waals surface area contributed by atoms with Gasteiger partial charge in [0.1, 0.15) is 5.78 Å². The molecule has 0 radical (unpaired) electrons. The molecule has 1 aromatic rings. The summed E-state index contributed by atoms with van der Waals surface area (Å²) in [6, 6.07) is 9.40. The summed E-state index contributed by atoms with van der Waals surface area (Å²) in [5, 5.41) is 8.40. The number of ether oxygens (including phenoxy) is 2. The summed E-state index contributed by atoms with van der Waals surface area (Å²) in [5.74, 6) is 1.46. The van der Waals surface area contributed by atoms with Crippen LogP contribution in [0.5, 0.6) is 0 Å². The number of hydrogen-bond acceptors (Lipinski definition) is 5. The lowest BCUT2D eigenvalue weighted by Gasteiger charge is -2.50. The third-order valence-corrected chi connectivity index (χ3v) is 10.8. The van der Waals surface area contributed by atoms with Gasteiger partial charge in [0.15, 0.2) is 5.79 Å². The molecule has 1 aromatic carbocycles. The Labute approximate surface area is 233 Å². The summed E-state index contributed by atoms with van der Waals surface area (Å²) >= 11 is 2.03.